The van der Waals surface area contributed by atoms with Gasteiger partial charge >= 0.3 is 5.97 Å². The van der Waals surface area contributed by atoms with Gasteiger partial charge in [-0.1, -0.05) is 6.07 Å². The lowest BCUT2D eigenvalue weighted by Crippen LogP contribution is -2.37. The average molecular weight is 363 g/mol. The summed E-state index contributed by atoms with van der Waals surface area (Å²) in [7, 11) is 0. The summed E-state index contributed by atoms with van der Waals surface area (Å²) in [5, 5.41) is 21.1. The first-order chi connectivity index (χ1) is 12.0. The van der Waals surface area contributed by atoms with Gasteiger partial charge in [-0.15, -0.1) is 11.3 Å². The smallest absolute Gasteiger partial charge is 0.335 e. The van der Waals surface area contributed by atoms with Crippen LogP contribution in [0.4, 0.5) is 4.39 Å². The van der Waals surface area contributed by atoms with Crippen molar-refractivity contribution in [2.75, 3.05) is 6.54 Å². The number of carbonyl (C=O) groups excluding carboxylic acids is 1. The molecule has 1 aliphatic rings. The van der Waals surface area contributed by atoms with Crippen molar-refractivity contribution in [2.45, 2.75) is 31.4 Å². The van der Waals surface area contributed by atoms with Crippen molar-refractivity contribution in [3.8, 4) is 0 Å². The third-order valence-electron chi connectivity index (χ3n) is 4.45. The predicted octanol–water partition coefficient (Wildman–Crippen LogP) is 3.31. The lowest BCUT2D eigenvalue weighted by molar-refractivity contribution is 0.0658. The molecule has 1 fully saturated rings. The number of likely N-dealkylation sites (tertiary alicyclic amines) is 1. The highest BCUT2D eigenvalue weighted by Gasteiger charge is 2.32. The standard InChI is InChI=1S/C18H18FNO4S/c19-14-9-11(18(23)24)5-6-13(14)17(22)20-7-1-3-12(20)10-15(21)16-4-2-8-25-16/h2,4-6,8-9,12,15,21H,1,3,7,10H2,(H,23,24). The SMILES string of the molecule is O=C(O)c1ccc(C(=O)N2CCCC2CC(O)c2cccs2)c(F)c1. The fraction of sp³-hybridized carbons (Fsp3) is 0.333. The van der Waals surface area contributed by atoms with Gasteiger partial charge in [0, 0.05) is 17.5 Å². The quantitative estimate of drug-likeness (QED) is 0.854. The van der Waals surface area contributed by atoms with E-state index in [1.54, 1.807) is 4.90 Å². The third-order valence-corrected chi connectivity index (χ3v) is 5.42. The maximum Gasteiger partial charge on any atom is 0.335 e. The molecule has 0 radical (unpaired) electrons. The van der Waals surface area contributed by atoms with E-state index in [9.17, 15) is 19.1 Å². The largest absolute Gasteiger partial charge is 0.478 e. The van der Waals surface area contributed by atoms with Gasteiger partial charge in [-0.3, -0.25) is 4.79 Å². The summed E-state index contributed by atoms with van der Waals surface area (Å²) >= 11 is 1.46. The minimum absolute atomic E-state index is 0.137. The van der Waals surface area contributed by atoms with Crippen LogP contribution in [0.5, 0.6) is 0 Å². The van der Waals surface area contributed by atoms with Crippen LogP contribution in [0, 0.1) is 5.82 Å². The van der Waals surface area contributed by atoms with Crippen molar-refractivity contribution in [1.82, 2.24) is 4.90 Å². The molecule has 7 heteroatoms. The molecule has 2 atom stereocenters. The molecular weight excluding hydrogens is 345 g/mol. The number of aliphatic hydroxyl groups excluding tert-OH is 1. The Morgan fingerprint density at radius 1 is 1.36 bits per heavy atom. The van der Waals surface area contributed by atoms with Crippen LogP contribution < -0.4 is 0 Å². The minimum Gasteiger partial charge on any atom is -0.478 e. The molecule has 0 spiro atoms. The van der Waals surface area contributed by atoms with E-state index in [2.05, 4.69) is 0 Å². The Bertz CT molecular complexity index is 777. The normalized spacial score (nSPS) is 18.3. The Morgan fingerprint density at radius 2 is 2.16 bits per heavy atom. The van der Waals surface area contributed by atoms with Gasteiger partial charge < -0.3 is 15.1 Å². The van der Waals surface area contributed by atoms with E-state index in [1.807, 2.05) is 17.5 Å². The van der Waals surface area contributed by atoms with Gasteiger partial charge in [0.05, 0.1) is 17.2 Å². The highest BCUT2D eigenvalue weighted by molar-refractivity contribution is 7.10. The second kappa shape index (κ2) is 7.33. The first-order valence-electron chi connectivity index (χ1n) is 8.02. The molecule has 25 heavy (non-hydrogen) atoms. The summed E-state index contributed by atoms with van der Waals surface area (Å²) in [5.41, 5.74) is -0.331. The molecule has 1 aromatic carbocycles. The number of carbonyl (C=O) groups is 2. The van der Waals surface area contributed by atoms with E-state index in [0.29, 0.717) is 13.0 Å². The van der Waals surface area contributed by atoms with Crippen LogP contribution in [0.15, 0.2) is 35.7 Å². The molecule has 132 valence electrons. The summed E-state index contributed by atoms with van der Waals surface area (Å²) in [4.78, 5) is 26.0. The summed E-state index contributed by atoms with van der Waals surface area (Å²) in [6, 6.07) is 6.85. The predicted molar refractivity (Wildman–Crippen MR) is 91.3 cm³/mol. The summed E-state index contributed by atoms with van der Waals surface area (Å²) in [5.74, 6) is -2.54. The van der Waals surface area contributed by atoms with E-state index in [4.69, 9.17) is 5.11 Å². The van der Waals surface area contributed by atoms with Crippen LogP contribution in [0.25, 0.3) is 0 Å². The Labute approximate surface area is 148 Å². The molecule has 0 saturated carbocycles. The zero-order valence-electron chi connectivity index (χ0n) is 13.4. The first-order valence-corrected chi connectivity index (χ1v) is 8.90. The second-order valence-electron chi connectivity index (χ2n) is 6.06. The molecule has 2 unspecified atom stereocenters. The van der Waals surface area contributed by atoms with E-state index < -0.39 is 23.8 Å². The average Bonchev–Trinajstić information content (AvgIpc) is 3.25. The van der Waals surface area contributed by atoms with Gasteiger partial charge in [0.15, 0.2) is 0 Å². The number of aromatic carboxylic acids is 1. The number of nitrogens with zero attached hydrogens (tertiary/aromatic N) is 1. The van der Waals surface area contributed by atoms with Gasteiger partial charge in [-0.25, -0.2) is 9.18 Å². The maximum atomic E-state index is 14.2. The third kappa shape index (κ3) is 3.72. The van der Waals surface area contributed by atoms with Crippen LogP contribution in [-0.2, 0) is 0 Å². The van der Waals surface area contributed by atoms with Crippen molar-refractivity contribution in [3.63, 3.8) is 0 Å². The summed E-state index contributed by atoms with van der Waals surface area (Å²) in [6.45, 7) is 0.501. The second-order valence-corrected chi connectivity index (χ2v) is 7.04. The van der Waals surface area contributed by atoms with Crippen LogP contribution in [0.3, 0.4) is 0 Å². The zero-order valence-corrected chi connectivity index (χ0v) is 14.2. The van der Waals surface area contributed by atoms with E-state index >= 15 is 0 Å². The number of halogens is 1. The molecule has 1 aliphatic heterocycles. The number of rotatable bonds is 5. The monoisotopic (exact) mass is 363 g/mol. The molecule has 3 rings (SSSR count). The first kappa shape index (κ1) is 17.6. The van der Waals surface area contributed by atoms with Crippen molar-refractivity contribution < 1.29 is 24.2 Å². The fourth-order valence-electron chi connectivity index (χ4n) is 3.18. The van der Waals surface area contributed by atoms with Crippen LogP contribution >= 0.6 is 11.3 Å². The highest BCUT2D eigenvalue weighted by atomic mass is 32.1. The van der Waals surface area contributed by atoms with Crippen molar-refractivity contribution >= 4 is 23.2 Å². The fourth-order valence-corrected chi connectivity index (χ4v) is 3.90. The van der Waals surface area contributed by atoms with Crippen molar-refractivity contribution in [1.29, 1.82) is 0 Å². The number of hydrogen-bond donors (Lipinski definition) is 2. The van der Waals surface area contributed by atoms with Crippen LogP contribution in [-0.4, -0.2) is 39.6 Å². The number of carboxylic acid groups (broad SMARTS) is 1. The molecule has 1 saturated heterocycles. The lowest BCUT2D eigenvalue weighted by Gasteiger charge is -2.26. The highest BCUT2D eigenvalue weighted by Crippen LogP contribution is 2.30. The number of amides is 1. The molecular formula is C18H18FNO4S. The number of hydrogen-bond acceptors (Lipinski definition) is 4. The number of carboxylic acids is 1. The van der Waals surface area contributed by atoms with E-state index in [-0.39, 0.29) is 17.2 Å². The van der Waals surface area contributed by atoms with Gasteiger partial charge in [0.25, 0.3) is 5.91 Å². The lowest BCUT2D eigenvalue weighted by atomic mass is 10.0. The molecule has 2 N–H and O–H groups in total. The Morgan fingerprint density at radius 3 is 2.80 bits per heavy atom. The Balaban J connectivity index is 1.75. The van der Waals surface area contributed by atoms with E-state index in [0.717, 1.165) is 23.8 Å². The van der Waals surface area contributed by atoms with Crippen molar-refractivity contribution in [3.05, 3.63) is 57.5 Å². The Hall–Kier alpha value is -2.25. The zero-order chi connectivity index (χ0) is 18.0. The van der Waals surface area contributed by atoms with Crippen LogP contribution in [0.1, 0.15) is 51.0 Å². The molecule has 5 nitrogen and oxygen atoms in total. The van der Waals surface area contributed by atoms with Gasteiger partial charge in [0.2, 0.25) is 0 Å². The summed E-state index contributed by atoms with van der Waals surface area (Å²) < 4.78 is 14.2. The molecule has 2 aromatic rings. The van der Waals surface area contributed by atoms with Crippen LogP contribution in [0.2, 0.25) is 0 Å². The summed E-state index contributed by atoms with van der Waals surface area (Å²) in [6.07, 6.45) is 1.30. The van der Waals surface area contributed by atoms with Crippen molar-refractivity contribution in [2.24, 2.45) is 0 Å². The molecule has 2 heterocycles. The topological polar surface area (TPSA) is 77.8 Å². The molecule has 0 bridgehead atoms. The minimum atomic E-state index is -1.24. The van der Waals surface area contributed by atoms with Gasteiger partial charge in [-0.2, -0.15) is 0 Å². The number of benzene rings is 1. The number of thiophene rings is 1. The number of aliphatic hydroxyl groups is 1. The Kier molecular flexibility index (Phi) is 5.15. The molecule has 1 aromatic heterocycles. The van der Waals surface area contributed by atoms with Gasteiger partial charge in [-0.05, 0) is 48.9 Å². The molecule has 1 amide bonds. The van der Waals surface area contributed by atoms with E-state index in [1.165, 1.54) is 23.5 Å². The maximum absolute atomic E-state index is 14.2. The van der Waals surface area contributed by atoms with Gasteiger partial charge in [0.1, 0.15) is 5.82 Å². The molecule has 0 aliphatic carbocycles.